The second-order valence-electron chi connectivity index (χ2n) is 7.18. The van der Waals surface area contributed by atoms with Crippen molar-refractivity contribution in [3.05, 3.63) is 53.6 Å². The Bertz CT molecular complexity index is 843. The summed E-state index contributed by atoms with van der Waals surface area (Å²) in [4.78, 5) is 27.7. The average molecular weight is 383 g/mol. The lowest BCUT2D eigenvalue weighted by Gasteiger charge is -2.33. The van der Waals surface area contributed by atoms with E-state index in [2.05, 4.69) is 15.5 Å². The van der Waals surface area contributed by atoms with Gasteiger partial charge in [0.25, 0.3) is 5.91 Å². The summed E-state index contributed by atoms with van der Waals surface area (Å²) >= 11 is 0. The first kappa shape index (κ1) is 19.7. The number of nitrogens with zero attached hydrogens (tertiary/aromatic N) is 1. The van der Waals surface area contributed by atoms with Crippen molar-refractivity contribution < 1.29 is 19.6 Å². The van der Waals surface area contributed by atoms with E-state index in [0.717, 1.165) is 47.9 Å². The predicted octanol–water partition coefficient (Wildman–Crippen LogP) is 1.06. The summed E-state index contributed by atoms with van der Waals surface area (Å²) in [5, 5.41) is 14.6. The molecule has 1 aliphatic heterocycles. The largest absolute Gasteiger partial charge is 0.508 e. The van der Waals surface area contributed by atoms with Crippen LogP contribution in [0.3, 0.4) is 0 Å². The molecule has 1 heterocycles. The molecule has 3 rings (SSSR count). The van der Waals surface area contributed by atoms with Crippen molar-refractivity contribution in [1.29, 1.82) is 0 Å². The number of imide groups is 1. The van der Waals surface area contributed by atoms with Crippen LogP contribution in [0.1, 0.15) is 11.1 Å². The van der Waals surface area contributed by atoms with Gasteiger partial charge >= 0.3 is 6.03 Å². The number of hydrogen-bond acceptors (Lipinski definition) is 4. The topological polar surface area (TPSA) is 86.1 Å². The highest BCUT2D eigenvalue weighted by Gasteiger charge is 2.23. The maximum absolute atomic E-state index is 12.2. The monoisotopic (exact) mass is 383 g/mol. The average Bonchev–Trinajstić information content (AvgIpc) is 2.66. The Balaban J connectivity index is 1.44. The number of aromatic hydroxyl groups is 1. The lowest BCUT2D eigenvalue weighted by Crippen LogP contribution is -3.16. The molecule has 3 amide bonds. The van der Waals surface area contributed by atoms with Crippen molar-refractivity contribution >= 4 is 23.3 Å². The highest BCUT2D eigenvalue weighted by molar-refractivity contribution is 6.01. The Kier molecular flexibility index (Phi) is 6.16. The van der Waals surface area contributed by atoms with Crippen molar-refractivity contribution in [2.24, 2.45) is 0 Å². The summed E-state index contributed by atoms with van der Waals surface area (Å²) in [7, 11) is 0. The number of carbonyl (C=O) groups is 2. The van der Waals surface area contributed by atoms with Crippen LogP contribution in [0.2, 0.25) is 0 Å². The van der Waals surface area contributed by atoms with Gasteiger partial charge in [0.2, 0.25) is 0 Å². The normalized spacial score (nSPS) is 14.6. The molecule has 1 saturated heterocycles. The fraction of sp³-hybridized carbons (Fsp3) is 0.333. The molecule has 0 aliphatic carbocycles. The van der Waals surface area contributed by atoms with Crippen molar-refractivity contribution in [3.63, 3.8) is 0 Å². The molecule has 28 heavy (non-hydrogen) atoms. The van der Waals surface area contributed by atoms with E-state index in [0.29, 0.717) is 5.69 Å². The number of phenols is 1. The zero-order valence-corrected chi connectivity index (χ0v) is 16.3. The van der Waals surface area contributed by atoms with E-state index in [1.807, 2.05) is 44.2 Å². The van der Waals surface area contributed by atoms with Crippen molar-refractivity contribution in [2.45, 2.75) is 13.8 Å². The Morgan fingerprint density at radius 2 is 1.75 bits per heavy atom. The van der Waals surface area contributed by atoms with E-state index in [4.69, 9.17) is 0 Å². The summed E-state index contributed by atoms with van der Waals surface area (Å²) in [5.41, 5.74) is 3.84. The number of rotatable bonds is 4. The van der Waals surface area contributed by atoms with Gasteiger partial charge in [-0.3, -0.25) is 10.1 Å². The highest BCUT2D eigenvalue weighted by Crippen LogP contribution is 2.18. The van der Waals surface area contributed by atoms with Crippen LogP contribution in [0.4, 0.5) is 16.2 Å². The van der Waals surface area contributed by atoms with E-state index < -0.39 is 6.03 Å². The molecule has 0 unspecified atom stereocenters. The molecule has 0 spiro atoms. The van der Waals surface area contributed by atoms with Crippen LogP contribution < -0.4 is 20.4 Å². The number of carbonyl (C=O) groups excluding carboxylic acids is 2. The van der Waals surface area contributed by atoms with Gasteiger partial charge in [-0.15, -0.1) is 0 Å². The van der Waals surface area contributed by atoms with E-state index >= 15 is 0 Å². The second kappa shape index (κ2) is 8.75. The quantitative estimate of drug-likeness (QED) is 0.636. The number of nitrogens with one attached hydrogen (secondary N) is 3. The number of phenolic OH excluding ortho intramolecular Hbond substituents is 1. The third-order valence-electron chi connectivity index (χ3n) is 5.20. The Hall–Kier alpha value is -3.06. The standard InChI is InChI=1S/C21H26N4O3/c1-15-4-3-5-19(16(15)2)22-21(28)23-20(27)14-24-10-12-25(13-11-24)17-6-8-18(26)9-7-17/h3-9,26H,10-14H2,1-2H3,(H2,22,23,27,28)/p+1. The molecule has 1 aliphatic rings. The summed E-state index contributed by atoms with van der Waals surface area (Å²) in [6.45, 7) is 7.45. The van der Waals surface area contributed by atoms with Gasteiger partial charge in [0.15, 0.2) is 6.54 Å². The van der Waals surface area contributed by atoms with Crippen LogP contribution in [-0.4, -0.2) is 49.8 Å². The van der Waals surface area contributed by atoms with Crippen LogP contribution in [-0.2, 0) is 4.79 Å². The van der Waals surface area contributed by atoms with E-state index in [1.165, 1.54) is 0 Å². The molecule has 0 atom stereocenters. The first-order valence-electron chi connectivity index (χ1n) is 9.47. The lowest BCUT2D eigenvalue weighted by atomic mass is 10.1. The first-order valence-corrected chi connectivity index (χ1v) is 9.47. The van der Waals surface area contributed by atoms with Gasteiger partial charge in [-0.25, -0.2) is 4.79 Å². The molecule has 4 N–H and O–H groups in total. The fourth-order valence-corrected chi connectivity index (χ4v) is 3.36. The number of quaternary nitrogens is 1. The smallest absolute Gasteiger partial charge is 0.326 e. The summed E-state index contributed by atoms with van der Waals surface area (Å²) in [5.74, 6) is -0.0281. The molecule has 1 fully saturated rings. The van der Waals surface area contributed by atoms with Crippen LogP contribution in [0.15, 0.2) is 42.5 Å². The number of urea groups is 1. The zero-order valence-electron chi connectivity index (χ0n) is 16.3. The van der Waals surface area contributed by atoms with Crippen LogP contribution in [0, 0.1) is 13.8 Å². The van der Waals surface area contributed by atoms with Crippen molar-refractivity contribution in [1.82, 2.24) is 5.32 Å². The van der Waals surface area contributed by atoms with Gasteiger partial charge in [-0.2, -0.15) is 0 Å². The number of amides is 3. The zero-order chi connectivity index (χ0) is 20.1. The molecule has 2 aromatic rings. The van der Waals surface area contributed by atoms with Gasteiger partial charge in [0, 0.05) is 11.4 Å². The molecule has 0 saturated carbocycles. The van der Waals surface area contributed by atoms with E-state index in [-0.39, 0.29) is 18.2 Å². The van der Waals surface area contributed by atoms with Crippen molar-refractivity contribution in [2.75, 3.05) is 42.9 Å². The predicted molar refractivity (Wildman–Crippen MR) is 109 cm³/mol. The van der Waals surface area contributed by atoms with E-state index in [9.17, 15) is 14.7 Å². The number of benzene rings is 2. The summed E-state index contributed by atoms with van der Waals surface area (Å²) in [6, 6.07) is 12.3. The van der Waals surface area contributed by atoms with Gasteiger partial charge in [0.05, 0.1) is 26.2 Å². The maximum atomic E-state index is 12.2. The number of aryl methyl sites for hydroxylation is 1. The molecule has 148 valence electrons. The van der Waals surface area contributed by atoms with E-state index in [1.54, 1.807) is 12.1 Å². The molecule has 0 radical (unpaired) electrons. The minimum absolute atomic E-state index is 0.254. The molecule has 2 aromatic carbocycles. The SMILES string of the molecule is Cc1cccc(NC(=O)NC(=O)C[NH+]2CCN(c3ccc(O)cc3)CC2)c1C. The number of hydrogen-bond donors (Lipinski definition) is 4. The Labute approximate surface area is 165 Å². The van der Waals surface area contributed by atoms with Gasteiger partial charge < -0.3 is 20.2 Å². The first-order chi connectivity index (χ1) is 13.4. The van der Waals surface area contributed by atoms with Crippen LogP contribution in [0.5, 0.6) is 5.75 Å². The Morgan fingerprint density at radius 3 is 2.43 bits per heavy atom. The third kappa shape index (κ3) is 5.01. The molecule has 7 nitrogen and oxygen atoms in total. The molecule has 0 bridgehead atoms. The number of piperazine rings is 1. The molecular formula is C21H27N4O3+. The maximum Gasteiger partial charge on any atom is 0.326 e. The summed E-state index contributed by atoms with van der Waals surface area (Å²) < 4.78 is 0. The minimum atomic E-state index is -0.499. The molecular weight excluding hydrogens is 356 g/mol. The van der Waals surface area contributed by atoms with Gasteiger partial charge in [-0.1, -0.05) is 12.1 Å². The van der Waals surface area contributed by atoms with Crippen molar-refractivity contribution in [3.8, 4) is 5.75 Å². The fourth-order valence-electron chi connectivity index (χ4n) is 3.36. The lowest BCUT2D eigenvalue weighted by molar-refractivity contribution is -0.892. The van der Waals surface area contributed by atoms with Gasteiger partial charge in [0.1, 0.15) is 5.75 Å². The summed E-state index contributed by atoms with van der Waals surface area (Å²) in [6.07, 6.45) is 0. The molecule has 0 aromatic heterocycles. The Morgan fingerprint density at radius 1 is 1.07 bits per heavy atom. The third-order valence-corrected chi connectivity index (χ3v) is 5.20. The second-order valence-corrected chi connectivity index (χ2v) is 7.18. The van der Waals surface area contributed by atoms with Gasteiger partial charge in [-0.05, 0) is 55.3 Å². The van der Waals surface area contributed by atoms with Crippen LogP contribution in [0.25, 0.3) is 0 Å². The highest BCUT2D eigenvalue weighted by atomic mass is 16.3. The van der Waals surface area contributed by atoms with Crippen LogP contribution >= 0.6 is 0 Å². The minimum Gasteiger partial charge on any atom is -0.508 e. The molecule has 7 heteroatoms. The number of anilines is 2.